The van der Waals surface area contributed by atoms with Crippen molar-refractivity contribution in [2.45, 2.75) is 39.5 Å². The average Bonchev–Trinajstić information content (AvgIpc) is 3.50. The summed E-state index contributed by atoms with van der Waals surface area (Å²) in [6.45, 7) is 5.46. The molecular weight excluding hydrogens is 408 g/mol. The Morgan fingerprint density at radius 1 is 0.594 bits per heavy atom. The van der Waals surface area contributed by atoms with Crippen molar-refractivity contribution in [3.05, 3.63) is 48.5 Å². The van der Waals surface area contributed by atoms with Crippen molar-refractivity contribution in [2.24, 2.45) is 0 Å². The van der Waals surface area contributed by atoms with E-state index in [9.17, 15) is 0 Å². The summed E-state index contributed by atoms with van der Waals surface area (Å²) in [5, 5.41) is 16.3. The van der Waals surface area contributed by atoms with Gasteiger partial charge in [0.1, 0.15) is 11.5 Å². The molecule has 4 rings (SSSR count). The fourth-order valence-corrected chi connectivity index (χ4v) is 3.13. The largest absolute Gasteiger partial charge is 0.494 e. The van der Waals surface area contributed by atoms with Gasteiger partial charge < -0.3 is 18.3 Å². The number of hydrogen-bond acceptors (Lipinski definition) is 8. The van der Waals surface area contributed by atoms with E-state index in [-0.39, 0.29) is 11.8 Å². The van der Waals surface area contributed by atoms with Gasteiger partial charge in [0.15, 0.2) is 0 Å². The average molecular weight is 434 g/mol. The molecule has 0 radical (unpaired) electrons. The van der Waals surface area contributed by atoms with Crippen molar-refractivity contribution < 1.29 is 18.3 Å². The molecule has 0 spiro atoms. The molecule has 0 fully saturated rings. The van der Waals surface area contributed by atoms with Crippen molar-refractivity contribution in [1.29, 1.82) is 0 Å². The van der Waals surface area contributed by atoms with Crippen LogP contribution in [0.4, 0.5) is 0 Å². The van der Waals surface area contributed by atoms with Gasteiger partial charge in [-0.15, -0.1) is 20.4 Å². The molecule has 0 unspecified atom stereocenters. The van der Waals surface area contributed by atoms with Gasteiger partial charge in [-0.05, 0) is 61.9 Å². The first-order valence-corrected chi connectivity index (χ1v) is 10.9. The fraction of sp³-hybridized carbons (Fsp3) is 0.333. The highest BCUT2D eigenvalue weighted by Crippen LogP contribution is 2.28. The molecule has 2 aromatic heterocycles. The number of benzene rings is 2. The number of aromatic nitrogens is 4. The van der Waals surface area contributed by atoms with E-state index in [2.05, 4.69) is 27.3 Å². The van der Waals surface area contributed by atoms with Crippen LogP contribution in [0.3, 0.4) is 0 Å². The highest BCUT2D eigenvalue weighted by molar-refractivity contribution is 5.57. The molecule has 2 heterocycles. The smallest absolute Gasteiger partial charge is 0.306 e. The summed E-state index contributed by atoms with van der Waals surface area (Å²) in [6.07, 6.45) is 4.71. The van der Waals surface area contributed by atoms with Crippen molar-refractivity contribution >= 4 is 0 Å². The molecule has 4 aromatic rings. The molecule has 0 saturated carbocycles. The zero-order valence-corrected chi connectivity index (χ0v) is 18.3. The summed E-state index contributed by atoms with van der Waals surface area (Å²) in [5.74, 6) is 2.67. The molecule has 0 saturated heterocycles. The van der Waals surface area contributed by atoms with Gasteiger partial charge in [-0.25, -0.2) is 0 Å². The van der Waals surface area contributed by atoms with Gasteiger partial charge in [-0.1, -0.05) is 26.2 Å². The first-order chi connectivity index (χ1) is 15.8. The molecule has 8 heteroatoms. The van der Waals surface area contributed by atoms with E-state index >= 15 is 0 Å². The van der Waals surface area contributed by atoms with Gasteiger partial charge >= 0.3 is 11.8 Å². The molecule has 8 nitrogen and oxygen atoms in total. The third-order valence-electron chi connectivity index (χ3n) is 4.81. The van der Waals surface area contributed by atoms with E-state index in [0.29, 0.717) is 18.4 Å². The summed E-state index contributed by atoms with van der Waals surface area (Å²) >= 11 is 0. The minimum absolute atomic E-state index is 0.166. The van der Waals surface area contributed by atoms with Crippen LogP contribution in [0.1, 0.15) is 39.5 Å². The normalized spacial score (nSPS) is 10.9. The first-order valence-electron chi connectivity index (χ1n) is 10.9. The molecular formula is C24H26N4O4. The van der Waals surface area contributed by atoms with Gasteiger partial charge in [-0.2, -0.15) is 0 Å². The maximum Gasteiger partial charge on any atom is 0.306 e. The van der Waals surface area contributed by atoms with Crippen LogP contribution in [-0.2, 0) is 0 Å². The second-order valence-corrected chi connectivity index (χ2v) is 7.22. The van der Waals surface area contributed by atoms with E-state index in [1.807, 2.05) is 55.5 Å². The fourth-order valence-electron chi connectivity index (χ4n) is 3.13. The molecule has 0 N–H and O–H groups in total. The lowest BCUT2D eigenvalue weighted by molar-refractivity contribution is 0.305. The molecule has 166 valence electrons. The van der Waals surface area contributed by atoms with E-state index in [4.69, 9.17) is 18.3 Å². The van der Waals surface area contributed by atoms with E-state index in [0.717, 1.165) is 35.7 Å². The Balaban J connectivity index is 1.39. The number of unbranched alkanes of at least 4 members (excludes halogenated alkanes) is 3. The molecule has 0 bridgehead atoms. The van der Waals surface area contributed by atoms with Crippen LogP contribution in [0.2, 0.25) is 0 Å². The highest BCUT2D eigenvalue weighted by atomic mass is 16.5. The molecule has 0 aliphatic carbocycles. The Morgan fingerprint density at radius 3 is 1.59 bits per heavy atom. The van der Waals surface area contributed by atoms with Gasteiger partial charge in [0.2, 0.25) is 11.8 Å². The van der Waals surface area contributed by atoms with Gasteiger partial charge in [0, 0.05) is 11.1 Å². The summed E-state index contributed by atoms with van der Waals surface area (Å²) in [7, 11) is 0. The maximum absolute atomic E-state index is 5.78. The maximum atomic E-state index is 5.78. The van der Waals surface area contributed by atoms with E-state index in [1.165, 1.54) is 19.3 Å². The second-order valence-electron chi connectivity index (χ2n) is 7.22. The first kappa shape index (κ1) is 21.5. The van der Waals surface area contributed by atoms with Crippen molar-refractivity contribution in [1.82, 2.24) is 20.4 Å². The Hall–Kier alpha value is -3.68. The van der Waals surface area contributed by atoms with Gasteiger partial charge in [-0.3, -0.25) is 0 Å². The summed E-state index contributed by atoms with van der Waals surface area (Å²) in [4.78, 5) is 0. The summed E-state index contributed by atoms with van der Waals surface area (Å²) < 4.78 is 22.7. The number of hydrogen-bond donors (Lipinski definition) is 0. The topological polar surface area (TPSA) is 96.3 Å². The second kappa shape index (κ2) is 10.6. The van der Waals surface area contributed by atoms with Crippen LogP contribution in [-0.4, -0.2) is 33.6 Å². The van der Waals surface area contributed by atoms with Crippen molar-refractivity contribution in [3.8, 4) is 46.2 Å². The lowest BCUT2D eigenvalue weighted by Crippen LogP contribution is -1.96. The molecule has 0 aliphatic rings. The van der Waals surface area contributed by atoms with Crippen molar-refractivity contribution in [3.63, 3.8) is 0 Å². The standard InChI is InChI=1S/C24H26N4O4/c1-3-5-6-7-16-30-20-14-10-18(11-15-20)22-26-28-24(32-22)23-27-25-21(31-23)17-8-12-19(13-9-17)29-4-2/h8-15H,3-7,16H2,1-2H3. The van der Waals surface area contributed by atoms with Gasteiger partial charge in [0.25, 0.3) is 0 Å². The van der Waals surface area contributed by atoms with Crippen LogP contribution in [0.25, 0.3) is 34.7 Å². The predicted octanol–water partition coefficient (Wildman–Crippen LogP) is 5.81. The summed E-state index contributed by atoms with van der Waals surface area (Å²) in [5.41, 5.74) is 1.56. The quantitative estimate of drug-likeness (QED) is 0.273. The lowest BCUT2D eigenvalue weighted by atomic mass is 10.2. The molecule has 32 heavy (non-hydrogen) atoms. The van der Waals surface area contributed by atoms with E-state index in [1.54, 1.807) is 0 Å². The number of nitrogens with zero attached hydrogens (tertiary/aromatic N) is 4. The minimum Gasteiger partial charge on any atom is -0.494 e. The third-order valence-corrected chi connectivity index (χ3v) is 4.81. The molecule has 0 atom stereocenters. The Bertz CT molecular complexity index is 1100. The predicted molar refractivity (Wildman–Crippen MR) is 119 cm³/mol. The monoisotopic (exact) mass is 434 g/mol. The van der Waals surface area contributed by atoms with Crippen molar-refractivity contribution in [2.75, 3.05) is 13.2 Å². The molecule has 0 amide bonds. The van der Waals surface area contributed by atoms with Crippen LogP contribution in [0, 0.1) is 0 Å². The molecule has 2 aromatic carbocycles. The minimum atomic E-state index is 0.166. The van der Waals surface area contributed by atoms with E-state index < -0.39 is 0 Å². The number of ether oxygens (including phenoxy) is 2. The van der Waals surface area contributed by atoms with Gasteiger partial charge in [0.05, 0.1) is 13.2 Å². The molecule has 0 aliphatic heterocycles. The summed E-state index contributed by atoms with van der Waals surface area (Å²) in [6, 6.07) is 15.0. The van der Waals surface area contributed by atoms with Crippen LogP contribution in [0.15, 0.2) is 57.4 Å². The van der Waals surface area contributed by atoms with Crippen LogP contribution >= 0.6 is 0 Å². The highest BCUT2D eigenvalue weighted by Gasteiger charge is 2.17. The lowest BCUT2D eigenvalue weighted by Gasteiger charge is -2.06. The van der Waals surface area contributed by atoms with Crippen LogP contribution < -0.4 is 9.47 Å². The SMILES string of the molecule is CCCCCCOc1ccc(-c2nnc(-c3nnc(-c4ccc(OCC)cc4)o3)o2)cc1. The Kier molecular flexibility index (Phi) is 7.12. The number of rotatable bonds is 11. The van der Waals surface area contributed by atoms with Crippen LogP contribution in [0.5, 0.6) is 11.5 Å². The zero-order valence-electron chi connectivity index (χ0n) is 18.3. The Morgan fingerprint density at radius 2 is 1.09 bits per heavy atom. The Labute approximate surface area is 186 Å². The third kappa shape index (κ3) is 5.32. The zero-order chi connectivity index (χ0) is 22.2.